The molecule has 0 aromatic carbocycles. The number of nitrogens with one attached hydrogen (secondary N) is 1. The van der Waals surface area contributed by atoms with E-state index in [1.54, 1.807) is 26.2 Å². The number of carbonyl (C=O) groups excluding carboxylic acids is 1. The van der Waals surface area contributed by atoms with E-state index in [0.29, 0.717) is 12.2 Å². The summed E-state index contributed by atoms with van der Waals surface area (Å²) >= 11 is 0. The Bertz CT molecular complexity index is 376. The van der Waals surface area contributed by atoms with Crippen molar-refractivity contribution < 1.29 is 9.90 Å². The highest BCUT2D eigenvalue weighted by molar-refractivity contribution is 5.92. The van der Waals surface area contributed by atoms with E-state index >= 15 is 0 Å². The van der Waals surface area contributed by atoms with E-state index < -0.39 is 6.10 Å². The molecule has 0 aliphatic heterocycles. The number of hydrogen-bond donors (Lipinski definition) is 2. The first kappa shape index (κ1) is 14.4. The smallest absolute Gasteiger partial charge is 0.272 e. The molecule has 0 saturated carbocycles. The molecule has 1 aromatic rings. The lowest BCUT2D eigenvalue weighted by atomic mass is 10.3. The van der Waals surface area contributed by atoms with Crippen LogP contribution in [0.1, 0.15) is 30.8 Å². The van der Waals surface area contributed by atoms with E-state index in [1.807, 2.05) is 6.07 Å². The third-order valence-electron chi connectivity index (χ3n) is 2.45. The van der Waals surface area contributed by atoms with Crippen LogP contribution < -0.4 is 5.32 Å². The van der Waals surface area contributed by atoms with Gasteiger partial charge in [0.25, 0.3) is 5.91 Å². The first-order valence-electron chi connectivity index (χ1n) is 6.18. The molecule has 0 bridgehead atoms. The summed E-state index contributed by atoms with van der Waals surface area (Å²) in [6.45, 7) is 4.92. The number of likely N-dealkylation sites (N-methyl/N-ethyl adjacent to an activating group) is 1. The van der Waals surface area contributed by atoms with Crippen LogP contribution in [0.4, 0.5) is 5.69 Å². The van der Waals surface area contributed by atoms with Crippen LogP contribution in [0.15, 0.2) is 18.3 Å². The van der Waals surface area contributed by atoms with Crippen LogP contribution in [0.5, 0.6) is 0 Å². The van der Waals surface area contributed by atoms with E-state index in [1.165, 1.54) is 4.90 Å². The lowest BCUT2D eigenvalue weighted by molar-refractivity contribution is 0.0698. The number of aromatic nitrogens is 1. The predicted octanol–water partition coefficient (Wildman–Crippen LogP) is 1.36. The van der Waals surface area contributed by atoms with E-state index in [4.69, 9.17) is 0 Å². The van der Waals surface area contributed by atoms with Crippen molar-refractivity contribution >= 4 is 11.6 Å². The molecule has 0 aliphatic carbocycles. The Morgan fingerprint density at radius 2 is 2.28 bits per heavy atom. The second kappa shape index (κ2) is 6.96. The maximum atomic E-state index is 11.9. The summed E-state index contributed by atoms with van der Waals surface area (Å²) in [5, 5.41) is 12.4. The Morgan fingerprint density at radius 3 is 2.78 bits per heavy atom. The fourth-order valence-electron chi connectivity index (χ4n) is 1.57. The Labute approximate surface area is 108 Å². The van der Waals surface area contributed by atoms with Crippen molar-refractivity contribution in [2.45, 2.75) is 26.4 Å². The number of carbonyl (C=O) groups is 1. The van der Waals surface area contributed by atoms with Gasteiger partial charge >= 0.3 is 0 Å². The van der Waals surface area contributed by atoms with Gasteiger partial charge in [0, 0.05) is 20.1 Å². The summed E-state index contributed by atoms with van der Waals surface area (Å²) in [6.07, 6.45) is 2.15. The van der Waals surface area contributed by atoms with Crippen molar-refractivity contribution in [1.29, 1.82) is 0 Å². The number of pyridine rings is 1. The van der Waals surface area contributed by atoms with Gasteiger partial charge in [-0.05, 0) is 25.5 Å². The summed E-state index contributed by atoms with van der Waals surface area (Å²) in [4.78, 5) is 17.5. The molecule has 5 heteroatoms. The lowest BCUT2D eigenvalue weighted by Crippen LogP contribution is -2.33. The van der Waals surface area contributed by atoms with E-state index in [9.17, 15) is 9.90 Å². The SMILES string of the molecule is CCCNc1ccc(C(=O)N(C)CC(C)O)nc1. The van der Waals surface area contributed by atoms with Gasteiger partial charge in [0.05, 0.1) is 18.0 Å². The van der Waals surface area contributed by atoms with Crippen LogP contribution in [0, 0.1) is 0 Å². The highest BCUT2D eigenvalue weighted by Gasteiger charge is 2.14. The fourth-order valence-corrected chi connectivity index (χ4v) is 1.57. The van der Waals surface area contributed by atoms with Crippen molar-refractivity contribution in [3.8, 4) is 0 Å². The minimum absolute atomic E-state index is 0.182. The van der Waals surface area contributed by atoms with Gasteiger partial charge in [-0.25, -0.2) is 4.98 Å². The van der Waals surface area contributed by atoms with Gasteiger partial charge in [-0.2, -0.15) is 0 Å². The molecule has 0 aliphatic rings. The van der Waals surface area contributed by atoms with Crippen LogP contribution >= 0.6 is 0 Å². The molecular weight excluding hydrogens is 230 g/mol. The molecule has 1 aromatic heterocycles. The van der Waals surface area contributed by atoms with Crippen molar-refractivity contribution in [1.82, 2.24) is 9.88 Å². The fraction of sp³-hybridized carbons (Fsp3) is 0.538. The molecule has 0 fully saturated rings. The van der Waals surface area contributed by atoms with Crippen LogP contribution in [-0.4, -0.2) is 47.1 Å². The topological polar surface area (TPSA) is 65.5 Å². The van der Waals surface area contributed by atoms with Gasteiger partial charge in [-0.15, -0.1) is 0 Å². The van der Waals surface area contributed by atoms with Crippen LogP contribution in [0.25, 0.3) is 0 Å². The van der Waals surface area contributed by atoms with Crippen LogP contribution in [0.2, 0.25) is 0 Å². The molecule has 1 heterocycles. The number of aliphatic hydroxyl groups is 1. The number of rotatable bonds is 6. The van der Waals surface area contributed by atoms with Crippen molar-refractivity contribution in [2.75, 3.05) is 25.5 Å². The Balaban J connectivity index is 2.63. The molecule has 0 radical (unpaired) electrons. The van der Waals surface area contributed by atoms with Crippen molar-refractivity contribution in [2.24, 2.45) is 0 Å². The molecule has 0 spiro atoms. The van der Waals surface area contributed by atoms with E-state index in [-0.39, 0.29) is 5.91 Å². The maximum absolute atomic E-state index is 11.9. The molecule has 1 amide bonds. The normalized spacial score (nSPS) is 12.0. The highest BCUT2D eigenvalue weighted by atomic mass is 16.3. The number of aliphatic hydroxyl groups excluding tert-OH is 1. The number of amides is 1. The summed E-state index contributed by atoms with van der Waals surface area (Å²) in [7, 11) is 1.65. The Morgan fingerprint density at radius 1 is 1.56 bits per heavy atom. The zero-order chi connectivity index (χ0) is 13.5. The van der Waals surface area contributed by atoms with Crippen molar-refractivity contribution in [3.63, 3.8) is 0 Å². The van der Waals surface area contributed by atoms with Gasteiger partial charge in [0.2, 0.25) is 0 Å². The number of hydrogen-bond acceptors (Lipinski definition) is 4. The third kappa shape index (κ3) is 4.33. The molecule has 2 N–H and O–H groups in total. The first-order chi connectivity index (χ1) is 8.54. The van der Waals surface area contributed by atoms with Gasteiger partial charge in [0.15, 0.2) is 0 Å². The maximum Gasteiger partial charge on any atom is 0.272 e. The van der Waals surface area contributed by atoms with Gasteiger partial charge in [-0.1, -0.05) is 6.92 Å². The zero-order valence-electron chi connectivity index (χ0n) is 11.2. The summed E-state index contributed by atoms with van der Waals surface area (Å²) in [6, 6.07) is 3.53. The molecule has 0 saturated heterocycles. The van der Waals surface area contributed by atoms with Gasteiger partial charge < -0.3 is 15.3 Å². The average Bonchev–Trinajstić information content (AvgIpc) is 2.35. The predicted molar refractivity (Wildman–Crippen MR) is 71.7 cm³/mol. The highest BCUT2D eigenvalue weighted by Crippen LogP contribution is 2.08. The monoisotopic (exact) mass is 251 g/mol. The summed E-state index contributed by atoms with van der Waals surface area (Å²) in [5.74, 6) is -0.182. The summed E-state index contributed by atoms with van der Waals surface area (Å²) in [5.41, 5.74) is 1.30. The standard InChI is InChI=1S/C13H21N3O2/c1-4-7-14-11-5-6-12(15-8-11)13(18)16(3)9-10(2)17/h5-6,8,10,14,17H,4,7,9H2,1-3H3. The number of anilines is 1. The van der Waals surface area contributed by atoms with Gasteiger partial charge in [0.1, 0.15) is 5.69 Å². The second-order valence-corrected chi connectivity index (χ2v) is 4.39. The Hall–Kier alpha value is -1.62. The van der Waals surface area contributed by atoms with E-state index in [0.717, 1.165) is 18.7 Å². The van der Waals surface area contributed by atoms with Crippen LogP contribution in [-0.2, 0) is 0 Å². The largest absolute Gasteiger partial charge is 0.392 e. The molecule has 1 atom stereocenters. The molecule has 18 heavy (non-hydrogen) atoms. The molecule has 5 nitrogen and oxygen atoms in total. The van der Waals surface area contributed by atoms with Crippen LogP contribution in [0.3, 0.4) is 0 Å². The Kier molecular flexibility index (Phi) is 5.58. The van der Waals surface area contributed by atoms with Gasteiger partial charge in [-0.3, -0.25) is 4.79 Å². The minimum Gasteiger partial charge on any atom is -0.392 e. The van der Waals surface area contributed by atoms with Crippen molar-refractivity contribution in [3.05, 3.63) is 24.0 Å². The molecular formula is C13H21N3O2. The molecule has 1 unspecified atom stereocenters. The summed E-state index contributed by atoms with van der Waals surface area (Å²) < 4.78 is 0. The average molecular weight is 251 g/mol. The first-order valence-corrected chi connectivity index (χ1v) is 6.18. The quantitative estimate of drug-likeness (QED) is 0.801. The molecule has 100 valence electrons. The lowest BCUT2D eigenvalue weighted by Gasteiger charge is -2.18. The second-order valence-electron chi connectivity index (χ2n) is 4.39. The molecule has 1 rings (SSSR count). The van der Waals surface area contributed by atoms with E-state index in [2.05, 4.69) is 17.2 Å². The zero-order valence-corrected chi connectivity index (χ0v) is 11.2. The minimum atomic E-state index is -0.538. The number of nitrogens with zero attached hydrogens (tertiary/aromatic N) is 2. The third-order valence-corrected chi connectivity index (χ3v) is 2.45.